The number of carbonyl (C=O) groups excluding carboxylic acids is 1. The van der Waals surface area contributed by atoms with Crippen LogP contribution in [0.25, 0.3) is 0 Å². The standard InChI is InChI=1S/C29H39F2NO4/c1-29(2,3)36-28(34)32-26(16-19-14-22(30)17-23(31)15-19)27(33)11-6-5-8-20-9-7-10-21-12-13-24(35-4)18-25(20)21/h12-15,17-18,20,26-27,33H,5-11,16H2,1-4H3,(H,32,34)/t20-,26-,27+/m0/s1. The van der Waals surface area contributed by atoms with Gasteiger partial charge in [0.15, 0.2) is 0 Å². The van der Waals surface area contributed by atoms with Gasteiger partial charge in [0.25, 0.3) is 0 Å². The Hall–Kier alpha value is -2.67. The second kappa shape index (κ2) is 12.5. The number of aliphatic hydroxyl groups is 1. The van der Waals surface area contributed by atoms with E-state index in [0.717, 1.165) is 43.9 Å². The van der Waals surface area contributed by atoms with Crippen molar-refractivity contribution in [3.8, 4) is 5.75 Å². The molecule has 1 aliphatic rings. The van der Waals surface area contributed by atoms with Crippen LogP contribution in [-0.4, -0.2) is 36.1 Å². The molecule has 0 unspecified atom stereocenters. The first-order valence-corrected chi connectivity index (χ1v) is 12.8. The van der Waals surface area contributed by atoms with Gasteiger partial charge in [-0.2, -0.15) is 0 Å². The number of fused-ring (bicyclic) bond motifs is 1. The molecule has 7 heteroatoms. The van der Waals surface area contributed by atoms with Crippen molar-refractivity contribution >= 4 is 6.09 Å². The molecule has 198 valence electrons. The van der Waals surface area contributed by atoms with Crippen molar-refractivity contribution in [2.24, 2.45) is 0 Å². The highest BCUT2D eigenvalue weighted by Gasteiger charge is 2.26. The van der Waals surface area contributed by atoms with Gasteiger partial charge in [0, 0.05) is 6.07 Å². The number of hydrogen-bond acceptors (Lipinski definition) is 4. The molecule has 0 aliphatic heterocycles. The molecule has 0 saturated heterocycles. The number of halogens is 2. The molecule has 3 rings (SSSR count). The van der Waals surface area contributed by atoms with Crippen LogP contribution < -0.4 is 10.1 Å². The molecule has 0 aromatic heterocycles. The normalized spacial score (nSPS) is 17.1. The van der Waals surface area contributed by atoms with E-state index in [1.807, 2.05) is 6.07 Å². The predicted octanol–water partition coefficient (Wildman–Crippen LogP) is 6.45. The topological polar surface area (TPSA) is 67.8 Å². The number of rotatable bonds is 10. The molecule has 0 heterocycles. The van der Waals surface area contributed by atoms with Crippen molar-refractivity contribution in [2.45, 2.75) is 95.8 Å². The average molecular weight is 504 g/mol. The Balaban J connectivity index is 1.59. The Labute approximate surface area is 213 Å². The highest BCUT2D eigenvalue weighted by atomic mass is 19.1. The number of hydrogen-bond donors (Lipinski definition) is 2. The lowest BCUT2D eigenvalue weighted by atomic mass is 9.80. The highest BCUT2D eigenvalue weighted by molar-refractivity contribution is 5.68. The van der Waals surface area contributed by atoms with Crippen LogP contribution in [0.1, 0.15) is 81.9 Å². The largest absolute Gasteiger partial charge is 0.497 e. The number of alkyl carbamates (subject to hydrolysis) is 1. The number of nitrogens with one attached hydrogen (secondary N) is 1. The monoisotopic (exact) mass is 503 g/mol. The molecule has 2 aromatic carbocycles. The molecule has 1 amide bonds. The Kier molecular flexibility index (Phi) is 9.71. The third-order valence-electron chi connectivity index (χ3n) is 6.64. The number of methoxy groups -OCH3 is 1. The number of aryl methyl sites for hydroxylation is 1. The van der Waals surface area contributed by atoms with Crippen LogP contribution in [0.5, 0.6) is 5.75 Å². The summed E-state index contributed by atoms with van der Waals surface area (Å²) >= 11 is 0. The van der Waals surface area contributed by atoms with E-state index in [-0.39, 0.29) is 6.42 Å². The highest BCUT2D eigenvalue weighted by Crippen LogP contribution is 2.37. The molecule has 3 atom stereocenters. The zero-order valence-electron chi connectivity index (χ0n) is 21.8. The Bertz CT molecular complexity index is 1000. The van der Waals surface area contributed by atoms with Gasteiger partial charge in [0.2, 0.25) is 0 Å². The molecule has 0 radical (unpaired) electrons. The summed E-state index contributed by atoms with van der Waals surface area (Å²) in [4.78, 5) is 12.4. The van der Waals surface area contributed by atoms with Crippen molar-refractivity contribution in [2.75, 3.05) is 7.11 Å². The van der Waals surface area contributed by atoms with Gasteiger partial charge in [-0.3, -0.25) is 0 Å². The molecule has 5 nitrogen and oxygen atoms in total. The van der Waals surface area contributed by atoms with Crippen LogP contribution in [0.2, 0.25) is 0 Å². The summed E-state index contributed by atoms with van der Waals surface area (Å²) in [6, 6.07) is 8.82. The maximum Gasteiger partial charge on any atom is 0.407 e. The van der Waals surface area contributed by atoms with Crippen molar-refractivity contribution in [3.63, 3.8) is 0 Å². The van der Waals surface area contributed by atoms with Crippen LogP contribution in [0.15, 0.2) is 36.4 Å². The van der Waals surface area contributed by atoms with Gasteiger partial charge in [0.1, 0.15) is 23.0 Å². The summed E-state index contributed by atoms with van der Waals surface area (Å²) in [5.74, 6) is -0.0485. The molecule has 2 N–H and O–H groups in total. The van der Waals surface area contributed by atoms with Crippen LogP contribution in [0.4, 0.5) is 13.6 Å². The van der Waals surface area contributed by atoms with Crippen LogP contribution in [-0.2, 0) is 17.6 Å². The summed E-state index contributed by atoms with van der Waals surface area (Å²) in [5, 5.41) is 13.7. The second-order valence-electron chi connectivity index (χ2n) is 10.7. The number of carbonyl (C=O) groups is 1. The maximum absolute atomic E-state index is 13.7. The minimum Gasteiger partial charge on any atom is -0.497 e. The van der Waals surface area contributed by atoms with Crippen molar-refractivity contribution in [1.82, 2.24) is 5.32 Å². The number of unbranched alkanes of at least 4 members (excludes halogenated alkanes) is 1. The minimum absolute atomic E-state index is 0.0882. The third-order valence-corrected chi connectivity index (χ3v) is 6.64. The van der Waals surface area contributed by atoms with E-state index in [4.69, 9.17) is 9.47 Å². The van der Waals surface area contributed by atoms with Crippen molar-refractivity contribution in [1.29, 1.82) is 0 Å². The second-order valence-corrected chi connectivity index (χ2v) is 10.7. The number of benzene rings is 2. The molecule has 0 bridgehead atoms. The van der Waals surface area contributed by atoms with Gasteiger partial charge < -0.3 is 19.9 Å². The van der Waals surface area contributed by atoms with Crippen molar-refractivity contribution < 1.29 is 28.2 Å². The van der Waals surface area contributed by atoms with E-state index in [1.54, 1.807) is 27.9 Å². The first kappa shape index (κ1) is 27.9. The quantitative estimate of drug-likeness (QED) is 0.366. The van der Waals surface area contributed by atoms with E-state index < -0.39 is 35.5 Å². The molecule has 0 spiro atoms. The predicted molar refractivity (Wildman–Crippen MR) is 136 cm³/mol. The summed E-state index contributed by atoms with van der Waals surface area (Å²) in [6.07, 6.45) is 5.07. The summed E-state index contributed by atoms with van der Waals surface area (Å²) in [7, 11) is 1.68. The summed E-state index contributed by atoms with van der Waals surface area (Å²) in [6.45, 7) is 5.25. The van der Waals surface area contributed by atoms with Gasteiger partial charge in [-0.1, -0.05) is 18.9 Å². The molecular weight excluding hydrogens is 464 g/mol. The van der Waals surface area contributed by atoms with Gasteiger partial charge >= 0.3 is 6.09 Å². The zero-order chi connectivity index (χ0) is 26.3. The fourth-order valence-corrected chi connectivity index (χ4v) is 4.97. The van der Waals surface area contributed by atoms with Gasteiger partial charge in [-0.15, -0.1) is 0 Å². The Morgan fingerprint density at radius 3 is 2.53 bits per heavy atom. The Morgan fingerprint density at radius 2 is 1.86 bits per heavy atom. The molecule has 36 heavy (non-hydrogen) atoms. The van der Waals surface area contributed by atoms with Gasteiger partial charge in [-0.25, -0.2) is 13.6 Å². The number of ether oxygens (including phenoxy) is 2. The lowest BCUT2D eigenvalue weighted by molar-refractivity contribution is 0.0410. The minimum atomic E-state index is -0.886. The molecule has 0 saturated carbocycles. The summed E-state index contributed by atoms with van der Waals surface area (Å²) in [5.41, 5.74) is 2.40. The molecule has 0 fully saturated rings. The van der Waals surface area contributed by atoms with E-state index in [0.29, 0.717) is 17.9 Å². The fraction of sp³-hybridized carbons (Fsp3) is 0.552. The fourth-order valence-electron chi connectivity index (χ4n) is 4.97. The Morgan fingerprint density at radius 1 is 1.14 bits per heavy atom. The van der Waals surface area contributed by atoms with Crippen LogP contribution in [0, 0.1) is 11.6 Å². The van der Waals surface area contributed by atoms with E-state index in [1.165, 1.54) is 29.7 Å². The first-order valence-electron chi connectivity index (χ1n) is 12.8. The maximum atomic E-state index is 13.7. The number of amides is 1. The number of aliphatic hydroxyl groups excluding tert-OH is 1. The lowest BCUT2D eigenvalue weighted by Gasteiger charge is -2.28. The van der Waals surface area contributed by atoms with Gasteiger partial charge in [0.05, 0.1) is 19.3 Å². The van der Waals surface area contributed by atoms with E-state index in [2.05, 4.69) is 17.4 Å². The third kappa shape index (κ3) is 8.47. The van der Waals surface area contributed by atoms with Gasteiger partial charge in [-0.05, 0) is 106 Å². The smallest absolute Gasteiger partial charge is 0.407 e. The molecule has 1 aliphatic carbocycles. The van der Waals surface area contributed by atoms with E-state index in [9.17, 15) is 18.7 Å². The first-order chi connectivity index (χ1) is 17.0. The molecule has 2 aromatic rings. The van der Waals surface area contributed by atoms with Crippen molar-refractivity contribution in [3.05, 3.63) is 64.7 Å². The summed E-state index contributed by atoms with van der Waals surface area (Å²) < 4.78 is 38.2. The van der Waals surface area contributed by atoms with E-state index >= 15 is 0 Å². The SMILES string of the molecule is COc1ccc2c(c1)[C@@H](CCCC[C@@H](O)[C@H](Cc1cc(F)cc(F)c1)NC(=O)OC(C)(C)C)CCC2. The van der Waals surface area contributed by atoms with Crippen LogP contribution in [0.3, 0.4) is 0 Å². The average Bonchev–Trinajstić information content (AvgIpc) is 2.79. The zero-order valence-corrected chi connectivity index (χ0v) is 21.8. The molecular formula is C29H39F2NO4. The van der Waals surface area contributed by atoms with Crippen LogP contribution >= 0.6 is 0 Å². The lowest BCUT2D eigenvalue weighted by Crippen LogP contribution is -2.46.